The third kappa shape index (κ3) is 4.37. The SMILES string of the molecule is OCCCC(NCc1cccc(O)c1)c1ccccc1. The van der Waals surface area contributed by atoms with Crippen molar-refractivity contribution in [2.45, 2.75) is 25.4 Å². The Morgan fingerprint density at radius 1 is 1.00 bits per heavy atom. The lowest BCUT2D eigenvalue weighted by molar-refractivity contribution is 0.275. The topological polar surface area (TPSA) is 52.5 Å². The molecule has 0 amide bonds. The third-order valence-corrected chi connectivity index (χ3v) is 3.32. The van der Waals surface area contributed by atoms with E-state index in [9.17, 15) is 5.11 Å². The van der Waals surface area contributed by atoms with Crippen molar-refractivity contribution in [1.82, 2.24) is 5.32 Å². The lowest BCUT2D eigenvalue weighted by Gasteiger charge is -2.19. The third-order valence-electron chi connectivity index (χ3n) is 3.32. The number of rotatable bonds is 7. The van der Waals surface area contributed by atoms with E-state index in [-0.39, 0.29) is 18.4 Å². The minimum atomic E-state index is 0.205. The van der Waals surface area contributed by atoms with E-state index >= 15 is 0 Å². The number of aromatic hydroxyl groups is 1. The molecule has 1 atom stereocenters. The van der Waals surface area contributed by atoms with Crippen LogP contribution >= 0.6 is 0 Å². The monoisotopic (exact) mass is 271 g/mol. The van der Waals surface area contributed by atoms with E-state index in [0.29, 0.717) is 6.54 Å². The van der Waals surface area contributed by atoms with E-state index in [1.165, 1.54) is 5.56 Å². The number of benzene rings is 2. The smallest absolute Gasteiger partial charge is 0.115 e. The Balaban J connectivity index is 2.01. The van der Waals surface area contributed by atoms with E-state index in [1.807, 2.05) is 30.3 Å². The van der Waals surface area contributed by atoms with Crippen molar-refractivity contribution in [2.24, 2.45) is 0 Å². The van der Waals surface area contributed by atoms with E-state index in [1.54, 1.807) is 12.1 Å². The zero-order valence-electron chi connectivity index (χ0n) is 11.5. The van der Waals surface area contributed by atoms with Crippen LogP contribution in [0, 0.1) is 0 Å². The van der Waals surface area contributed by atoms with Gasteiger partial charge in [0.1, 0.15) is 5.75 Å². The molecule has 20 heavy (non-hydrogen) atoms. The van der Waals surface area contributed by atoms with Crippen molar-refractivity contribution in [2.75, 3.05) is 6.61 Å². The lowest BCUT2D eigenvalue weighted by Crippen LogP contribution is -2.21. The number of hydrogen-bond donors (Lipinski definition) is 3. The summed E-state index contributed by atoms with van der Waals surface area (Å²) in [6.45, 7) is 0.899. The summed E-state index contributed by atoms with van der Waals surface area (Å²) in [4.78, 5) is 0. The van der Waals surface area contributed by atoms with Gasteiger partial charge in [-0.15, -0.1) is 0 Å². The molecule has 106 valence electrons. The van der Waals surface area contributed by atoms with Crippen LogP contribution in [0.15, 0.2) is 54.6 Å². The Morgan fingerprint density at radius 2 is 1.80 bits per heavy atom. The molecule has 0 aliphatic carbocycles. The summed E-state index contributed by atoms with van der Waals surface area (Å²) in [6.07, 6.45) is 1.66. The fourth-order valence-corrected chi connectivity index (χ4v) is 2.27. The molecule has 2 aromatic rings. The van der Waals surface area contributed by atoms with Crippen LogP contribution in [0.5, 0.6) is 5.75 Å². The van der Waals surface area contributed by atoms with Crippen molar-refractivity contribution in [1.29, 1.82) is 0 Å². The fourth-order valence-electron chi connectivity index (χ4n) is 2.27. The molecule has 3 heteroatoms. The first-order chi connectivity index (χ1) is 9.79. The molecule has 2 rings (SSSR count). The van der Waals surface area contributed by atoms with Gasteiger partial charge in [0, 0.05) is 19.2 Å². The van der Waals surface area contributed by atoms with Crippen molar-refractivity contribution in [3.8, 4) is 5.75 Å². The number of aliphatic hydroxyl groups is 1. The highest BCUT2D eigenvalue weighted by Crippen LogP contribution is 2.19. The normalized spacial score (nSPS) is 12.2. The molecule has 0 aromatic heterocycles. The van der Waals surface area contributed by atoms with E-state index < -0.39 is 0 Å². The number of hydrogen-bond acceptors (Lipinski definition) is 3. The first-order valence-electron chi connectivity index (χ1n) is 6.96. The number of nitrogens with one attached hydrogen (secondary N) is 1. The van der Waals surface area contributed by atoms with E-state index in [4.69, 9.17) is 5.11 Å². The number of phenols is 1. The molecule has 0 fully saturated rings. The highest BCUT2D eigenvalue weighted by Gasteiger charge is 2.10. The molecule has 0 radical (unpaired) electrons. The number of aliphatic hydroxyl groups excluding tert-OH is 1. The van der Waals surface area contributed by atoms with Crippen molar-refractivity contribution in [3.63, 3.8) is 0 Å². The zero-order chi connectivity index (χ0) is 14.2. The van der Waals surface area contributed by atoms with Gasteiger partial charge in [-0.1, -0.05) is 42.5 Å². The molecular formula is C17H21NO2. The van der Waals surface area contributed by atoms with Crippen molar-refractivity contribution >= 4 is 0 Å². The summed E-state index contributed by atoms with van der Waals surface area (Å²) in [7, 11) is 0. The number of phenolic OH excluding ortho intramolecular Hbond substituents is 1. The van der Waals surface area contributed by atoms with Gasteiger partial charge < -0.3 is 15.5 Å². The Hall–Kier alpha value is -1.84. The molecule has 0 heterocycles. The molecule has 0 saturated carbocycles. The van der Waals surface area contributed by atoms with Crippen LogP contribution in [0.25, 0.3) is 0 Å². The summed E-state index contributed by atoms with van der Waals surface area (Å²) < 4.78 is 0. The molecule has 3 N–H and O–H groups in total. The predicted molar refractivity (Wildman–Crippen MR) is 80.4 cm³/mol. The molecular weight excluding hydrogens is 250 g/mol. The first-order valence-corrected chi connectivity index (χ1v) is 6.96. The van der Waals surface area contributed by atoms with Crippen LogP contribution < -0.4 is 5.32 Å². The molecule has 2 aromatic carbocycles. The van der Waals surface area contributed by atoms with Crippen LogP contribution in [0.2, 0.25) is 0 Å². The summed E-state index contributed by atoms with van der Waals surface area (Å²) >= 11 is 0. The quantitative estimate of drug-likeness (QED) is 0.725. The largest absolute Gasteiger partial charge is 0.508 e. The minimum absolute atomic E-state index is 0.205. The highest BCUT2D eigenvalue weighted by molar-refractivity contribution is 5.27. The van der Waals surface area contributed by atoms with Gasteiger partial charge in [-0.25, -0.2) is 0 Å². The van der Waals surface area contributed by atoms with Gasteiger partial charge in [-0.3, -0.25) is 0 Å². The van der Waals surface area contributed by atoms with Gasteiger partial charge in [-0.05, 0) is 36.1 Å². The summed E-state index contributed by atoms with van der Waals surface area (Å²) in [5, 5.41) is 22.0. The summed E-state index contributed by atoms with van der Waals surface area (Å²) in [5.74, 6) is 0.288. The molecule has 0 spiro atoms. The maximum Gasteiger partial charge on any atom is 0.115 e. The van der Waals surface area contributed by atoms with Crippen LogP contribution in [-0.4, -0.2) is 16.8 Å². The van der Waals surface area contributed by atoms with Crippen LogP contribution in [-0.2, 0) is 6.54 Å². The van der Waals surface area contributed by atoms with E-state index in [0.717, 1.165) is 18.4 Å². The Morgan fingerprint density at radius 3 is 2.50 bits per heavy atom. The molecule has 1 unspecified atom stereocenters. The first kappa shape index (κ1) is 14.6. The second kappa shape index (κ2) is 7.68. The Bertz CT molecular complexity index is 513. The van der Waals surface area contributed by atoms with Crippen molar-refractivity contribution < 1.29 is 10.2 Å². The summed E-state index contributed by atoms with van der Waals surface area (Å²) in [5.41, 5.74) is 2.27. The van der Waals surface area contributed by atoms with Gasteiger partial charge in [0.2, 0.25) is 0 Å². The molecule has 0 aliphatic rings. The fraction of sp³-hybridized carbons (Fsp3) is 0.294. The lowest BCUT2D eigenvalue weighted by atomic mass is 10.0. The molecule has 0 aliphatic heterocycles. The molecule has 0 saturated heterocycles. The molecule has 3 nitrogen and oxygen atoms in total. The second-order valence-corrected chi connectivity index (χ2v) is 4.88. The Kier molecular flexibility index (Phi) is 5.59. The summed E-state index contributed by atoms with van der Waals surface area (Å²) in [6, 6.07) is 17.7. The molecule has 0 bridgehead atoms. The Labute approximate surface area is 119 Å². The highest BCUT2D eigenvalue weighted by atomic mass is 16.3. The van der Waals surface area contributed by atoms with Crippen LogP contribution in [0.3, 0.4) is 0 Å². The zero-order valence-corrected chi connectivity index (χ0v) is 11.5. The predicted octanol–water partition coefficient (Wildman–Crippen LogP) is 3.00. The average Bonchev–Trinajstić information content (AvgIpc) is 2.48. The van der Waals surface area contributed by atoms with Crippen LogP contribution in [0.4, 0.5) is 0 Å². The second-order valence-electron chi connectivity index (χ2n) is 4.88. The van der Waals surface area contributed by atoms with E-state index in [2.05, 4.69) is 17.4 Å². The van der Waals surface area contributed by atoms with Gasteiger partial charge in [0.15, 0.2) is 0 Å². The van der Waals surface area contributed by atoms with Gasteiger partial charge >= 0.3 is 0 Å². The van der Waals surface area contributed by atoms with Crippen LogP contribution in [0.1, 0.15) is 30.0 Å². The van der Waals surface area contributed by atoms with Gasteiger partial charge in [0.05, 0.1) is 0 Å². The average molecular weight is 271 g/mol. The maximum atomic E-state index is 9.48. The maximum absolute atomic E-state index is 9.48. The van der Waals surface area contributed by atoms with Gasteiger partial charge in [0.25, 0.3) is 0 Å². The minimum Gasteiger partial charge on any atom is -0.508 e. The van der Waals surface area contributed by atoms with Crippen molar-refractivity contribution in [3.05, 3.63) is 65.7 Å². The van der Waals surface area contributed by atoms with Gasteiger partial charge in [-0.2, -0.15) is 0 Å². The standard InChI is InChI=1S/C17H21NO2/c19-11-5-10-17(15-7-2-1-3-8-15)18-13-14-6-4-9-16(20)12-14/h1-4,6-9,12,17-20H,5,10-11,13H2.